The summed E-state index contributed by atoms with van der Waals surface area (Å²) in [4.78, 5) is 27.4. The largest absolute Gasteiger partial charge is 0.476 e. The molecule has 0 bridgehead atoms. The Morgan fingerprint density at radius 3 is 2.55 bits per heavy atom. The number of amides is 1. The first kappa shape index (κ1) is 16.0. The molecule has 1 aromatic heterocycles. The summed E-state index contributed by atoms with van der Waals surface area (Å²) in [7, 11) is 0. The van der Waals surface area contributed by atoms with Crippen LogP contribution in [-0.2, 0) is 11.3 Å². The Balaban J connectivity index is 1.99. The van der Waals surface area contributed by atoms with E-state index in [1.807, 2.05) is 44.2 Å². The second kappa shape index (κ2) is 7.04. The number of carboxylic acid groups (broad SMARTS) is 1. The molecule has 0 aliphatic heterocycles. The van der Waals surface area contributed by atoms with Crippen molar-refractivity contribution >= 4 is 28.5 Å². The third kappa shape index (κ3) is 4.05. The van der Waals surface area contributed by atoms with Crippen molar-refractivity contribution in [3.8, 4) is 0 Å². The highest BCUT2D eigenvalue weighted by Crippen LogP contribution is 2.29. The maximum absolute atomic E-state index is 11.7. The van der Waals surface area contributed by atoms with Crippen molar-refractivity contribution in [3.63, 3.8) is 0 Å². The summed E-state index contributed by atoms with van der Waals surface area (Å²) >= 11 is 1.14. The van der Waals surface area contributed by atoms with Crippen LogP contribution >= 0.6 is 11.3 Å². The number of carbonyl (C=O) groups excluding carboxylic acids is 1. The predicted molar refractivity (Wildman–Crippen MR) is 83.4 cm³/mol. The summed E-state index contributed by atoms with van der Waals surface area (Å²) in [5, 5.41) is 11.8. The summed E-state index contributed by atoms with van der Waals surface area (Å²) < 4.78 is 5.07. The van der Waals surface area contributed by atoms with Crippen LogP contribution in [0.1, 0.15) is 40.7 Å². The lowest BCUT2D eigenvalue weighted by Crippen LogP contribution is -2.13. The number of hydrogen-bond acceptors (Lipinski definition) is 5. The third-order valence-corrected chi connectivity index (χ3v) is 4.07. The van der Waals surface area contributed by atoms with E-state index in [1.54, 1.807) is 0 Å². The lowest BCUT2D eigenvalue weighted by atomic mass is 10.1. The Morgan fingerprint density at radius 2 is 2.00 bits per heavy atom. The molecule has 1 amide bonds. The van der Waals surface area contributed by atoms with Gasteiger partial charge in [-0.1, -0.05) is 44.2 Å². The minimum atomic E-state index is -1.11. The number of aromatic nitrogens is 1. The molecule has 0 spiro atoms. The lowest BCUT2D eigenvalue weighted by Gasteiger charge is -2.04. The van der Waals surface area contributed by atoms with Crippen molar-refractivity contribution in [2.45, 2.75) is 26.4 Å². The highest BCUT2D eigenvalue weighted by Gasteiger charge is 2.20. The van der Waals surface area contributed by atoms with E-state index in [2.05, 4.69) is 10.3 Å². The number of carboxylic acids is 1. The average Bonchev–Trinajstić information content (AvgIpc) is 2.90. The van der Waals surface area contributed by atoms with Gasteiger partial charge in [-0.3, -0.25) is 5.32 Å². The molecule has 0 saturated carbocycles. The number of nitrogens with zero attached hydrogens (tertiary/aromatic N) is 1. The average molecular weight is 320 g/mol. The van der Waals surface area contributed by atoms with E-state index in [0.717, 1.165) is 16.9 Å². The molecule has 2 aromatic rings. The van der Waals surface area contributed by atoms with Gasteiger partial charge in [0.25, 0.3) is 0 Å². The summed E-state index contributed by atoms with van der Waals surface area (Å²) in [6.07, 6.45) is -0.662. The molecule has 2 rings (SSSR count). The van der Waals surface area contributed by atoms with E-state index in [-0.39, 0.29) is 23.4 Å². The van der Waals surface area contributed by atoms with Crippen molar-refractivity contribution < 1.29 is 19.4 Å². The monoisotopic (exact) mass is 320 g/mol. The molecule has 0 atom stereocenters. The summed E-state index contributed by atoms with van der Waals surface area (Å²) in [6, 6.07) is 9.27. The molecule has 1 aromatic carbocycles. The van der Waals surface area contributed by atoms with Crippen molar-refractivity contribution in [1.82, 2.24) is 4.98 Å². The van der Waals surface area contributed by atoms with E-state index in [0.29, 0.717) is 4.88 Å². The minimum absolute atomic E-state index is 0.0134. The molecule has 0 fully saturated rings. The number of benzene rings is 1. The molecule has 7 heteroatoms. The molecule has 22 heavy (non-hydrogen) atoms. The fraction of sp³-hybridized carbons (Fsp3) is 0.267. The molecule has 116 valence electrons. The summed E-state index contributed by atoms with van der Waals surface area (Å²) in [5.74, 6) is -1.09. The van der Waals surface area contributed by atoms with Crippen molar-refractivity contribution in [3.05, 3.63) is 46.5 Å². The number of anilines is 1. The van der Waals surface area contributed by atoms with Gasteiger partial charge in [-0.2, -0.15) is 0 Å². The van der Waals surface area contributed by atoms with E-state index in [9.17, 15) is 9.59 Å². The molecule has 1 heterocycles. The highest BCUT2D eigenvalue weighted by molar-refractivity contribution is 7.16. The van der Waals surface area contributed by atoms with Gasteiger partial charge in [-0.25, -0.2) is 14.6 Å². The Hall–Kier alpha value is -2.41. The molecule has 2 N–H and O–H groups in total. The van der Waals surface area contributed by atoms with Gasteiger partial charge in [-0.15, -0.1) is 11.3 Å². The van der Waals surface area contributed by atoms with Crippen molar-refractivity contribution in [2.24, 2.45) is 0 Å². The number of hydrogen-bond donors (Lipinski definition) is 2. The Labute approximate surface area is 131 Å². The first-order valence-corrected chi connectivity index (χ1v) is 7.50. The molecule has 0 saturated heterocycles. The van der Waals surface area contributed by atoms with Crippen molar-refractivity contribution in [2.75, 3.05) is 5.32 Å². The van der Waals surface area contributed by atoms with Gasteiger partial charge in [0.05, 0.1) is 0 Å². The van der Waals surface area contributed by atoms with E-state index in [1.165, 1.54) is 0 Å². The van der Waals surface area contributed by atoms with Crippen LogP contribution in [0.15, 0.2) is 30.3 Å². The maximum atomic E-state index is 11.7. The maximum Gasteiger partial charge on any atom is 0.413 e. The van der Waals surface area contributed by atoms with E-state index >= 15 is 0 Å². The van der Waals surface area contributed by atoms with Gasteiger partial charge >= 0.3 is 12.1 Å². The van der Waals surface area contributed by atoms with Crippen LogP contribution < -0.4 is 5.32 Å². The van der Waals surface area contributed by atoms with Gasteiger partial charge in [0.1, 0.15) is 6.61 Å². The van der Waals surface area contributed by atoms with Crippen LogP contribution in [0.5, 0.6) is 0 Å². The Kier molecular flexibility index (Phi) is 5.11. The fourth-order valence-corrected chi connectivity index (χ4v) is 2.72. The van der Waals surface area contributed by atoms with Gasteiger partial charge in [-0.05, 0) is 11.5 Å². The van der Waals surface area contributed by atoms with Gasteiger partial charge in [0.15, 0.2) is 10.8 Å². The lowest BCUT2D eigenvalue weighted by molar-refractivity contribution is 0.0689. The van der Waals surface area contributed by atoms with E-state index in [4.69, 9.17) is 9.84 Å². The molecule has 0 radical (unpaired) electrons. The standard InChI is InChI=1S/C15H16N2O4S/c1-9(2)12-11(13(18)19)16-14(22-12)17-15(20)21-8-10-6-4-3-5-7-10/h3-7,9H,8H2,1-2H3,(H,18,19)(H,16,17,20). The number of thiazole rings is 1. The van der Waals surface area contributed by atoms with E-state index < -0.39 is 12.1 Å². The van der Waals surface area contributed by atoms with Gasteiger partial charge in [0, 0.05) is 4.88 Å². The number of rotatable bonds is 5. The van der Waals surface area contributed by atoms with Crippen LogP contribution in [0.4, 0.5) is 9.93 Å². The molecule has 0 aliphatic carbocycles. The van der Waals surface area contributed by atoms with Crippen LogP contribution in [0.3, 0.4) is 0 Å². The minimum Gasteiger partial charge on any atom is -0.476 e. The van der Waals surface area contributed by atoms with Gasteiger partial charge in [0.2, 0.25) is 0 Å². The zero-order chi connectivity index (χ0) is 16.1. The normalized spacial score (nSPS) is 10.5. The first-order chi connectivity index (χ1) is 10.5. The van der Waals surface area contributed by atoms with Gasteiger partial charge < -0.3 is 9.84 Å². The topological polar surface area (TPSA) is 88.5 Å². The molecular formula is C15H16N2O4S. The molecule has 0 unspecified atom stereocenters. The molecule has 0 aliphatic rings. The smallest absolute Gasteiger partial charge is 0.413 e. The van der Waals surface area contributed by atoms with Crippen molar-refractivity contribution in [1.29, 1.82) is 0 Å². The zero-order valence-corrected chi connectivity index (χ0v) is 13.0. The van der Waals surface area contributed by atoms with Crippen LogP contribution in [0.2, 0.25) is 0 Å². The van der Waals surface area contributed by atoms with Crippen LogP contribution in [-0.4, -0.2) is 22.2 Å². The summed E-state index contributed by atoms with van der Waals surface area (Å²) in [5.41, 5.74) is 0.837. The quantitative estimate of drug-likeness (QED) is 0.876. The second-order valence-corrected chi connectivity index (χ2v) is 5.91. The highest BCUT2D eigenvalue weighted by atomic mass is 32.1. The molecule has 6 nitrogen and oxygen atoms in total. The second-order valence-electron chi connectivity index (χ2n) is 4.88. The number of ether oxygens (including phenoxy) is 1. The zero-order valence-electron chi connectivity index (χ0n) is 12.2. The predicted octanol–water partition coefficient (Wildman–Crippen LogP) is 3.71. The Morgan fingerprint density at radius 1 is 1.32 bits per heavy atom. The van der Waals surface area contributed by atoms with Crippen LogP contribution in [0.25, 0.3) is 0 Å². The van der Waals surface area contributed by atoms with Crippen LogP contribution in [0, 0.1) is 0 Å². The fourth-order valence-electron chi connectivity index (χ4n) is 1.78. The number of aromatic carboxylic acids is 1. The first-order valence-electron chi connectivity index (χ1n) is 6.69. The SMILES string of the molecule is CC(C)c1sc(NC(=O)OCc2ccccc2)nc1C(=O)O. The number of carbonyl (C=O) groups is 2. The Bertz CT molecular complexity index is 667. The number of nitrogens with one attached hydrogen (secondary N) is 1. The third-order valence-electron chi connectivity index (χ3n) is 2.80. The summed E-state index contributed by atoms with van der Waals surface area (Å²) in [6.45, 7) is 3.88. The molecular weight excluding hydrogens is 304 g/mol.